The normalized spacial score (nSPS) is 10.9. The highest BCUT2D eigenvalue weighted by molar-refractivity contribution is 7.92. The van der Waals surface area contributed by atoms with Crippen LogP contribution >= 0.6 is 0 Å². The number of ketones is 1. The topological polar surface area (TPSA) is 94.1 Å². The second-order valence-corrected chi connectivity index (χ2v) is 9.66. The van der Waals surface area contributed by atoms with E-state index < -0.39 is 10.0 Å². The van der Waals surface area contributed by atoms with Gasteiger partial charge < -0.3 is 9.47 Å². The van der Waals surface area contributed by atoms with Crippen LogP contribution in [0.3, 0.4) is 0 Å². The lowest BCUT2D eigenvalue weighted by Gasteiger charge is -2.15. The fourth-order valence-electron chi connectivity index (χ4n) is 3.74. The van der Waals surface area contributed by atoms with Crippen LogP contribution in [0.15, 0.2) is 64.5 Å². The molecule has 37 heavy (non-hydrogen) atoms. The van der Waals surface area contributed by atoms with Gasteiger partial charge in [-0.2, -0.15) is 0 Å². The first-order valence-electron chi connectivity index (χ1n) is 11.3. The molecule has 7 nitrogen and oxygen atoms in total. The number of aryl methyl sites for hydroxylation is 1. The Morgan fingerprint density at radius 2 is 1.70 bits per heavy atom. The number of aliphatic imine (C=N–C) groups is 1. The van der Waals surface area contributed by atoms with Gasteiger partial charge in [-0.25, -0.2) is 8.42 Å². The maximum Gasteiger partial charge on any atom is 0.264 e. The van der Waals surface area contributed by atoms with E-state index in [0.717, 1.165) is 5.56 Å². The van der Waals surface area contributed by atoms with E-state index in [1.165, 1.54) is 27.2 Å². The molecule has 0 bridgehead atoms. The van der Waals surface area contributed by atoms with Crippen LogP contribution in [-0.4, -0.2) is 35.1 Å². The zero-order valence-corrected chi connectivity index (χ0v) is 22.2. The molecule has 0 saturated carbocycles. The number of carbonyl (C=O) groups excluding carboxylic acids is 1. The third kappa shape index (κ3) is 5.90. The van der Waals surface area contributed by atoms with E-state index in [9.17, 15) is 13.2 Å². The fraction of sp³-hybridized carbons (Fsp3) is 0.172. The van der Waals surface area contributed by atoms with Gasteiger partial charge in [-0.15, -0.1) is 0 Å². The molecular formula is C29H28N2O5S. The molecule has 0 saturated heterocycles. The molecule has 1 N–H and O–H groups in total. The number of para-hydroxylation sites is 1. The molecule has 0 aromatic heterocycles. The van der Waals surface area contributed by atoms with E-state index in [2.05, 4.69) is 28.3 Å². The summed E-state index contributed by atoms with van der Waals surface area (Å²) < 4.78 is 40.2. The lowest BCUT2D eigenvalue weighted by Crippen LogP contribution is -2.14. The number of Topliss-reactive ketones (excluding diaryl/α,β-unsaturated/α-hetero) is 1. The predicted molar refractivity (Wildman–Crippen MR) is 148 cm³/mol. The molecule has 0 atom stereocenters. The van der Waals surface area contributed by atoms with Crippen molar-refractivity contribution in [3.8, 4) is 23.3 Å². The third-order valence-corrected chi connectivity index (χ3v) is 6.97. The summed E-state index contributed by atoms with van der Waals surface area (Å²) in [4.78, 5) is 15.8. The quantitative estimate of drug-likeness (QED) is 0.233. The van der Waals surface area contributed by atoms with Crippen LogP contribution in [0, 0.1) is 18.8 Å². The van der Waals surface area contributed by atoms with Crippen molar-refractivity contribution in [1.82, 2.24) is 0 Å². The Bertz CT molecular complexity index is 1560. The largest absolute Gasteiger partial charge is 0.496 e. The number of hydrogen-bond acceptors (Lipinski definition) is 6. The average Bonchev–Trinajstić information content (AvgIpc) is 2.88. The van der Waals surface area contributed by atoms with Gasteiger partial charge >= 0.3 is 0 Å². The molecule has 3 aromatic carbocycles. The Labute approximate surface area is 217 Å². The lowest BCUT2D eigenvalue weighted by atomic mass is 10.0. The Hall–Kier alpha value is -4.35. The minimum absolute atomic E-state index is 0.0421. The number of sulfonamides is 1. The number of methoxy groups -OCH3 is 2. The first-order chi connectivity index (χ1) is 17.7. The number of anilines is 1. The van der Waals surface area contributed by atoms with Crippen molar-refractivity contribution in [3.63, 3.8) is 0 Å². The van der Waals surface area contributed by atoms with Crippen LogP contribution in [0.25, 0.3) is 6.08 Å². The molecule has 0 spiro atoms. The Morgan fingerprint density at radius 1 is 1.03 bits per heavy atom. The van der Waals surface area contributed by atoms with Crippen LogP contribution in [0.4, 0.5) is 11.4 Å². The van der Waals surface area contributed by atoms with Gasteiger partial charge in [-0.05, 0) is 69.5 Å². The highest BCUT2D eigenvalue weighted by atomic mass is 32.2. The molecule has 0 aliphatic heterocycles. The van der Waals surface area contributed by atoms with E-state index in [1.807, 2.05) is 13.8 Å². The predicted octanol–water partition coefficient (Wildman–Crippen LogP) is 5.78. The Balaban J connectivity index is 2.06. The van der Waals surface area contributed by atoms with Gasteiger partial charge in [-0.1, -0.05) is 36.1 Å². The summed E-state index contributed by atoms with van der Waals surface area (Å²) in [6, 6.07) is 13.3. The van der Waals surface area contributed by atoms with E-state index in [0.29, 0.717) is 39.4 Å². The summed E-state index contributed by atoms with van der Waals surface area (Å²) >= 11 is 0. The molecular weight excluding hydrogens is 488 g/mol. The summed E-state index contributed by atoms with van der Waals surface area (Å²) in [5.41, 5.74) is 3.39. The molecule has 0 heterocycles. The van der Waals surface area contributed by atoms with Gasteiger partial charge in [0.25, 0.3) is 10.0 Å². The number of allylic oxidation sites excluding steroid dienone is 1. The summed E-state index contributed by atoms with van der Waals surface area (Å²) in [6.07, 6.45) is 3.48. The summed E-state index contributed by atoms with van der Waals surface area (Å²) in [5.74, 6) is 6.91. The number of nitrogens with one attached hydrogen (secondary N) is 1. The van der Waals surface area contributed by atoms with Gasteiger partial charge in [0.1, 0.15) is 16.4 Å². The van der Waals surface area contributed by atoms with Gasteiger partial charge in [0, 0.05) is 16.7 Å². The lowest BCUT2D eigenvalue weighted by molar-refractivity contribution is 0.101. The molecule has 3 aromatic rings. The van der Waals surface area contributed by atoms with Crippen LogP contribution in [-0.2, 0) is 10.0 Å². The molecule has 0 aliphatic carbocycles. The number of benzene rings is 3. The first kappa shape index (κ1) is 27.2. The third-order valence-electron chi connectivity index (χ3n) is 5.57. The second kappa shape index (κ2) is 11.6. The maximum atomic E-state index is 13.4. The van der Waals surface area contributed by atoms with Crippen molar-refractivity contribution in [2.75, 3.05) is 18.9 Å². The van der Waals surface area contributed by atoms with Gasteiger partial charge in [-0.3, -0.25) is 14.5 Å². The zero-order chi connectivity index (χ0) is 27.2. The summed E-state index contributed by atoms with van der Waals surface area (Å²) in [7, 11) is -1.07. The van der Waals surface area contributed by atoms with Gasteiger partial charge in [0.15, 0.2) is 5.78 Å². The van der Waals surface area contributed by atoms with Crippen LogP contribution in [0.2, 0.25) is 0 Å². The van der Waals surface area contributed by atoms with Crippen molar-refractivity contribution in [2.24, 2.45) is 4.99 Å². The second-order valence-electron chi connectivity index (χ2n) is 8.01. The number of rotatable bonds is 8. The smallest absolute Gasteiger partial charge is 0.264 e. The Morgan fingerprint density at radius 3 is 2.32 bits per heavy atom. The number of nitrogens with zero attached hydrogens (tertiary/aromatic N) is 1. The maximum absolute atomic E-state index is 13.4. The molecule has 8 heteroatoms. The molecule has 0 unspecified atom stereocenters. The minimum Gasteiger partial charge on any atom is -0.496 e. The van der Waals surface area contributed by atoms with Crippen molar-refractivity contribution < 1.29 is 22.7 Å². The monoisotopic (exact) mass is 516 g/mol. The van der Waals surface area contributed by atoms with E-state index in [-0.39, 0.29) is 16.4 Å². The van der Waals surface area contributed by atoms with Crippen molar-refractivity contribution in [1.29, 1.82) is 0 Å². The van der Waals surface area contributed by atoms with Crippen LogP contribution < -0.4 is 14.2 Å². The van der Waals surface area contributed by atoms with Crippen molar-refractivity contribution >= 4 is 40.0 Å². The van der Waals surface area contributed by atoms with Crippen LogP contribution in [0.1, 0.15) is 46.5 Å². The summed E-state index contributed by atoms with van der Waals surface area (Å²) in [6.45, 7) is 8.70. The number of ether oxygens (including phenoxy) is 2. The first-order valence-corrected chi connectivity index (χ1v) is 12.8. The van der Waals surface area contributed by atoms with Gasteiger partial charge in [0.05, 0.1) is 31.2 Å². The van der Waals surface area contributed by atoms with E-state index >= 15 is 0 Å². The Kier molecular flexibility index (Phi) is 8.53. The zero-order valence-electron chi connectivity index (χ0n) is 21.4. The van der Waals surface area contributed by atoms with E-state index in [1.54, 1.807) is 54.6 Å². The molecule has 0 amide bonds. The molecule has 0 aliphatic rings. The highest BCUT2D eigenvalue weighted by Crippen LogP contribution is 2.37. The SMILES string of the molecule is C=Nc1c(S(=O)(=O)Nc2ccccc2C#Cc2cc(OC)c(C(C)=O)cc2C)ccc(OC)c1/C=C\C. The summed E-state index contributed by atoms with van der Waals surface area (Å²) in [5, 5.41) is 0. The fourth-order valence-corrected chi connectivity index (χ4v) is 4.99. The van der Waals surface area contributed by atoms with Gasteiger partial charge in [0.2, 0.25) is 0 Å². The average molecular weight is 517 g/mol. The molecule has 0 fully saturated rings. The van der Waals surface area contributed by atoms with E-state index in [4.69, 9.17) is 9.47 Å². The highest BCUT2D eigenvalue weighted by Gasteiger charge is 2.23. The standard InChI is InChI=1S/C29H28N2O5S/c1-7-10-23-26(35-5)15-16-28(29(23)30-4)37(33,34)31-25-12-9-8-11-21(25)13-14-22-18-27(36-6)24(20(3)32)17-19(22)2/h7-12,15-18,31H,4H2,1-3,5-6H3/b10-7-. The molecule has 190 valence electrons. The van der Waals surface area contributed by atoms with Crippen molar-refractivity contribution in [2.45, 2.75) is 25.7 Å². The van der Waals surface area contributed by atoms with Crippen molar-refractivity contribution in [3.05, 3.63) is 82.4 Å². The molecule has 0 radical (unpaired) electrons. The minimum atomic E-state index is -4.06. The van der Waals surface area contributed by atoms with Crippen LogP contribution in [0.5, 0.6) is 11.5 Å². The number of carbonyl (C=O) groups is 1. The molecule has 3 rings (SSSR count). The number of hydrogen-bond donors (Lipinski definition) is 1.